The Kier molecular flexibility index (Phi) is 5.44. The zero-order valence-corrected chi connectivity index (χ0v) is 14.1. The number of rotatable bonds is 6. The number of hydrogen-bond acceptors (Lipinski definition) is 3. The lowest BCUT2D eigenvalue weighted by molar-refractivity contribution is -0.0579. The van der Waals surface area contributed by atoms with Gasteiger partial charge in [-0.25, -0.2) is 0 Å². The minimum absolute atomic E-state index is 0.0444. The number of epoxide rings is 1. The summed E-state index contributed by atoms with van der Waals surface area (Å²) >= 11 is 0. The van der Waals surface area contributed by atoms with E-state index in [0.29, 0.717) is 11.5 Å². The predicted octanol–water partition coefficient (Wildman–Crippen LogP) is 4.02. The van der Waals surface area contributed by atoms with Gasteiger partial charge in [-0.3, -0.25) is 4.90 Å². The van der Waals surface area contributed by atoms with Gasteiger partial charge in [0.05, 0.1) is 5.60 Å². The summed E-state index contributed by atoms with van der Waals surface area (Å²) in [6.45, 7) is 18.7. The molecule has 0 radical (unpaired) electrons. The maximum Gasteiger partial charge on any atom is 0.200 e. The molecule has 0 spiro atoms. The van der Waals surface area contributed by atoms with Gasteiger partial charge in [0.2, 0.25) is 0 Å². The van der Waals surface area contributed by atoms with Gasteiger partial charge in [-0.2, -0.15) is 0 Å². The van der Waals surface area contributed by atoms with E-state index in [1.54, 1.807) is 0 Å². The van der Waals surface area contributed by atoms with Crippen molar-refractivity contribution in [3.05, 3.63) is 0 Å². The summed E-state index contributed by atoms with van der Waals surface area (Å²) in [5, 5.41) is 0. The van der Waals surface area contributed by atoms with Gasteiger partial charge in [0, 0.05) is 12.6 Å². The molecule has 0 aromatic heterocycles. The fraction of sp³-hybridized carbons (Fsp3) is 1.00. The molecule has 1 saturated heterocycles. The van der Waals surface area contributed by atoms with Crippen LogP contribution >= 0.6 is 0 Å². The summed E-state index contributed by atoms with van der Waals surface area (Å²) in [7, 11) is 0. The Morgan fingerprint density at radius 2 is 1.68 bits per heavy atom. The summed E-state index contributed by atoms with van der Waals surface area (Å²) in [5.41, 5.74) is 0.280. The van der Waals surface area contributed by atoms with Gasteiger partial charge in [-0.15, -0.1) is 0 Å². The molecule has 1 aliphatic rings. The second kappa shape index (κ2) is 6.11. The van der Waals surface area contributed by atoms with Crippen molar-refractivity contribution in [3.8, 4) is 0 Å². The Hall–Kier alpha value is -0.120. The normalized spacial score (nSPS) is 24.3. The molecule has 0 aliphatic carbocycles. The first kappa shape index (κ1) is 16.9. The van der Waals surface area contributed by atoms with Crippen molar-refractivity contribution in [1.82, 2.24) is 4.90 Å². The van der Waals surface area contributed by atoms with Gasteiger partial charge in [0.25, 0.3) is 0 Å². The van der Waals surface area contributed by atoms with E-state index in [1.807, 2.05) is 0 Å². The highest BCUT2D eigenvalue weighted by atomic mass is 16.8. The van der Waals surface area contributed by atoms with Crippen LogP contribution in [0.15, 0.2) is 0 Å². The first-order valence-electron chi connectivity index (χ1n) is 7.59. The maximum atomic E-state index is 5.88. The van der Waals surface area contributed by atoms with Crippen molar-refractivity contribution in [2.75, 3.05) is 6.54 Å². The van der Waals surface area contributed by atoms with Crippen LogP contribution in [0.5, 0.6) is 0 Å². The van der Waals surface area contributed by atoms with Crippen LogP contribution in [0.3, 0.4) is 0 Å². The van der Waals surface area contributed by atoms with Crippen LogP contribution in [0.2, 0.25) is 0 Å². The molecule has 1 aliphatic heterocycles. The van der Waals surface area contributed by atoms with Crippen LogP contribution in [0.1, 0.15) is 68.2 Å². The fourth-order valence-corrected chi connectivity index (χ4v) is 2.23. The minimum atomic E-state index is -0.131. The first-order valence-corrected chi connectivity index (χ1v) is 7.59. The molecule has 2 unspecified atom stereocenters. The van der Waals surface area contributed by atoms with Crippen molar-refractivity contribution in [3.63, 3.8) is 0 Å². The standard InChI is InChI=1S/C16H33NO2/c1-12(2)17(11-9-10-15(3,4)5)13-14(18-13)19-16(6,7)8/h12-14H,9-11H2,1-8H3. The van der Waals surface area contributed by atoms with E-state index in [2.05, 4.69) is 60.3 Å². The van der Waals surface area contributed by atoms with E-state index in [9.17, 15) is 0 Å². The van der Waals surface area contributed by atoms with Crippen LogP contribution in [0.25, 0.3) is 0 Å². The zero-order valence-electron chi connectivity index (χ0n) is 14.1. The topological polar surface area (TPSA) is 25.0 Å². The van der Waals surface area contributed by atoms with Crippen molar-refractivity contribution >= 4 is 0 Å². The predicted molar refractivity (Wildman–Crippen MR) is 80.0 cm³/mol. The summed E-state index contributed by atoms with van der Waals surface area (Å²) < 4.78 is 11.6. The van der Waals surface area contributed by atoms with Crippen molar-refractivity contribution in [2.45, 2.75) is 92.4 Å². The SMILES string of the molecule is CC(C)N(CCCC(C)(C)C)C1OC1OC(C)(C)C. The Balaban J connectivity index is 2.39. The van der Waals surface area contributed by atoms with E-state index < -0.39 is 0 Å². The molecular formula is C16H33NO2. The molecule has 3 nitrogen and oxygen atoms in total. The lowest BCUT2D eigenvalue weighted by Crippen LogP contribution is -2.37. The van der Waals surface area contributed by atoms with Gasteiger partial charge in [-0.05, 0) is 52.9 Å². The summed E-state index contributed by atoms with van der Waals surface area (Å²) in [6.07, 6.45) is 2.56. The van der Waals surface area contributed by atoms with E-state index in [-0.39, 0.29) is 18.1 Å². The maximum absolute atomic E-state index is 5.88. The average molecular weight is 271 g/mol. The van der Waals surface area contributed by atoms with Crippen molar-refractivity contribution in [2.24, 2.45) is 5.41 Å². The summed E-state index contributed by atoms with van der Waals surface area (Å²) in [4.78, 5) is 2.42. The summed E-state index contributed by atoms with van der Waals surface area (Å²) in [5.74, 6) is 0. The van der Waals surface area contributed by atoms with E-state index in [0.717, 1.165) is 6.54 Å². The molecule has 114 valence electrons. The zero-order chi connectivity index (χ0) is 14.8. The van der Waals surface area contributed by atoms with E-state index in [4.69, 9.17) is 9.47 Å². The monoisotopic (exact) mass is 271 g/mol. The van der Waals surface area contributed by atoms with Gasteiger partial charge in [0.1, 0.15) is 0 Å². The Labute approximate surface area is 119 Å². The van der Waals surface area contributed by atoms with Crippen molar-refractivity contribution in [1.29, 1.82) is 0 Å². The lowest BCUT2D eigenvalue weighted by atomic mass is 9.90. The Bertz CT molecular complexity index is 275. The highest BCUT2D eigenvalue weighted by Gasteiger charge is 2.47. The average Bonchev–Trinajstić information content (AvgIpc) is 2.86. The highest BCUT2D eigenvalue weighted by Crippen LogP contribution is 2.33. The molecule has 0 saturated carbocycles. The molecule has 1 heterocycles. The van der Waals surface area contributed by atoms with Gasteiger partial charge < -0.3 is 9.47 Å². The molecule has 0 bridgehead atoms. The smallest absolute Gasteiger partial charge is 0.200 e. The minimum Gasteiger partial charge on any atom is -0.343 e. The lowest BCUT2D eigenvalue weighted by Gasteiger charge is -2.27. The highest BCUT2D eigenvalue weighted by molar-refractivity contribution is 4.83. The van der Waals surface area contributed by atoms with E-state index >= 15 is 0 Å². The second-order valence-corrected chi connectivity index (χ2v) is 8.12. The molecule has 0 aromatic rings. The molecule has 2 atom stereocenters. The molecule has 0 aromatic carbocycles. The van der Waals surface area contributed by atoms with Crippen LogP contribution in [-0.2, 0) is 9.47 Å². The largest absolute Gasteiger partial charge is 0.343 e. The number of hydrogen-bond donors (Lipinski definition) is 0. The summed E-state index contributed by atoms with van der Waals surface area (Å²) in [6, 6.07) is 0.499. The Morgan fingerprint density at radius 3 is 2.11 bits per heavy atom. The first-order chi connectivity index (χ1) is 8.49. The molecular weight excluding hydrogens is 238 g/mol. The molecule has 0 amide bonds. The molecule has 0 N–H and O–H groups in total. The molecule has 1 fully saturated rings. The molecule has 1 rings (SSSR count). The fourth-order valence-electron chi connectivity index (χ4n) is 2.23. The van der Waals surface area contributed by atoms with Crippen LogP contribution in [0.4, 0.5) is 0 Å². The van der Waals surface area contributed by atoms with Gasteiger partial charge >= 0.3 is 0 Å². The van der Waals surface area contributed by atoms with Gasteiger partial charge in [-0.1, -0.05) is 20.8 Å². The molecule has 19 heavy (non-hydrogen) atoms. The second-order valence-electron chi connectivity index (χ2n) is 8.12. The quantitative estimate of drug-likeness (QED) is 0.682. The van der Waals surface area contributed by atoms with Crippen LogP contribution < -0.4 is 0 Å². The Morgan fingerprint density at radius 1 is 1.11 bits per heavy atom. The van der Waals surface area contributed by atoms with Crippen LogP contribution in [0, 0.1) is 5.41 Å². The number of ether oxygens (including phenoxy) is 2. The number of nitrogens with zero attached hydrogens (tertiary/aromatic N) is 1. The van der Waals surface area contributed by atoms with Crippen LogP contribution in [-0.4, -0.2) is 35.6 Å². The van der Waals surface area contributed by atoms with Crippen molar-refractivity contribution < 1.29 is 9.47 Å². The third-order valence-corrected chi connectivity index (χ3v) is 3.23. The van der Waals surface area contributed by atoms with E-state index in [1.165, 1.54) is 12.8 Å². The third kappa shape index (κ3) is 6.73. The molecule has 3 heteroatoms. The van der Waals surface area contributed by atoms with Gasteiger partial charge in [0.15, 0.2) is 12.5 Å². The third-order valence-electron chi connectivity index (χ3n) is 3.23.